The third-order valence-corrected chi connectivity index (χ3v) is 3.69. The SMILES string of the molecule is CN1CCC(COc2ccc(CCF)cc2F)CC1. The molecule has 106 valence electrons. The summed E-state index contributed by atoms with van der Waals surface area (Å²) in [5, 5.41) is 0. The van der Waals surface area contributed by atoms with E-state index < -0.39 is 6.67 Å². The topological polar surface area (TPSA) is 12.5 Å². The normalized spacial score (nSPS) is 17.6. The fourth-order valence-corrected chi connectivity index (χ4v) is 2.36. The molecule has 2 nitrogen and oxygen atoms in total. The van der Waals surface area contributed by atoms with Gasteiger partial charge < -0.3 is 9.64 Å². The lowest BCUT2D eigenvalue weighted by Crippen LogP contribution is -2.32. The largest absolute Gasteiger partial charge is 0.490 e. The fourth-order valence-electron chi connectivity index (χ4n) is 2.36. The van der Waals surface area contributed by atoms with Crippen LogP contribution in [-0.4, -0.2) is 38.3 Å². The second kappa shape index (κ2) is 6.85. The van der Waals surface area contributed by atoms with Crippen LogP contribution in [0.1, 0.15) is 18.4 Å². The van der Waals surface area contributed by atoms with Gasteiger partial charge in [-0.2, -0.15) is 0 Å². The molecule has 0 saturated carbocycles. The molecule has 0 aliphatic carbocycles. The minimum absolute atomic E-state index is 0.256. The van der Waals surface area contributed by atoms with Crippen LogP contribution in [0.25, 0.3) is 0 Å². The Bertz CT molecular complexity index is 403. The second-order valence-electron chi connectivity index (χ2n) is 5.26. The zero-order chi connectivity index (χ0) is 13.7. The summed E-state index contributed by atoms with van der Waals surface area (Å²) in [6.07, 6.45) is 2.45. The van der Waals surface area contributed by atoms with Crippen molar-refractivity contribution in [1.82, 2.24) is 4.90 Å². The van der Waals surface area contributed by atoms with Crippen molar-refractivity contribution in [2.45, 2.75) is 19.3 Å². The van der Waals surface area contributed by atoms with Crippen molar-refractivity contribution in [3.05, 3.63) is 29.6 Å². The Hall–Kier alpha value is -1.16. The van der Waals surface area contributed by atoms with Gasteiger partial charge in [0.25, 0.3) is 0 Å². The highest BCUT2D eigenvalue weighted by Crippen LogP contribution is 2.22. The fraction of sp³-hybridized carbons (Fsp3) is 0.600. The van der Waals surface area contributed by atoms with Crippen LogP contribution in [0, 0.1) is 11.7 Å². The van der Waals surface area contributed by atoms with Crippen molar-refractivity contribution in [2.75, 3.05) is 33.4 Å². The Kier molecular flexibility index (Phi) is 5.14. The first-order chi connectivity index (χ1) is 9.19. The lowest BCUT2D eigenvalue weighted by molar-refractivity contribution is 0.157. The van der Waals surface area contributed by atoms with E-state index in [1.807, 2.05) is 0 Å². The van der Waals surface area contributed by atoms with E-state index in [-0.39, 0.29) is 18.0 Å². The molecule has 19 heavy (non-hydrogen) atoms. The minimum atomic E-state index is -0.463. The number of hydrogen-bond acceptors (Lipinski definition) is 2. The number of hydrogen-bond donors (Lipinski definition) is 0. The molecular weight excluding hydrogens is 248 g/mol. The summed E-state index contributed by atoms with van der Waals surface area (Å²) in [5.41, 5.74) is 0.673. The molecule has 1 aromatic rings. The van der Waals surface area contributed by atoms with Gasteiger partial charge in [-0.25, -0.2) is 4.39 Å². The molecule has 1 aliphatic rings. The van der Waals surface area contributed by atoms with Gasteiger partial charge in [-0.05, 0) is 56.6 Å². The van der Waals surface area contributed by atoms with Gasteiger partial charge in [0.1, 0.15) is 0 Å². The van der Waals surface area contributed by atoms with E-state index in [9.17, 15) is 8.78 Å². The van der Waals surface area contributed by atoms with Crippen LogP contribution in [0.5, 0.6) is 5.75 Å². The predicted octanol–water partition coefficient (Wildman–Crippen LogP) is 3.06. The Morgan fingerprint density at radius 2 is 2.05 bits per heavy atom. The van der Waals surface area contributed by atoms with Crippen LogP contribution in [0.15, 0.2) is 18.2 Å². The third-order valence-electron chi connectivity index (χ3n) is 3.69. The lowest BCUT2D eigenvalue weighted by atomic mass is 9.98. The number of alkyl halides is 1. The summed E-state index contributed by atoms with van der Waals surface area (Å²) in [6, 6.07) is 4.70. The van der Waals surface area contributed by atoms with Crippen LogP contribution in [-0.2, 0) is 6.42 Å². The molecule has 1 fully saturated rings. The first-order valence-electron chi connectivity index (χ1n) is 6.85. The van der Waals surface area contributed by atoms with Gasteiger partial charge in [-0.3, -0.25) is 4.39 Å². The van der Waals surface area contributed by atoms with Gasteiger partial charge in [-0.15, -0.1) is 0 Å². The van der Waals surface area contributed by atoms with Crippen molar-refractivity contribution in [2.24, 2.45) is 5.92 Å². The van der Waals surface area contributed by atoms with Crippen molar-refractivity contribution >= 4 is 0 Å². The summed E-state index contributed by atoms with van der Waals surface area (Å²) in [6.45, 7) is 2.25. The molecule has 0 spiro atoms. The number of aryl methyl sites for hydroxylation is 1. The van der Waals surface area contributed by atoms with Gasteiger partial charge in [-0.1, -0.05) is 6.07 Å². The molecule has 1 aromatic carbocycles. The van der Waals surface area contributed by atoms with Gasteiger partial charge in [0.05, 0.1) is 13.3 Å². The summed E-state index contributed by atoms with van der Waals surface area (Å²) < 4.78 is 31.5. The number of benzene rings is 1. The highest BCUT2D eigenvalue weighted by atomic mass is 19.1. The number of ether oxygens (including phenoxy) is 1. The predicted molar refractivity (Wildman–Crippen MR) is 71.8 cm³/mol. The van der Waals surface area contributed by atoms with Crippen molar-refractivity contribution in [3.8, 4) is 5.75 Å². The molecule has 1 heterocycles. The van der Waals surface area contributed by atoms with Crippen LogP contribution < -0.4 is 4.74 Å². The monoisotopic (exact) mass is 269 g/mol. The maximum atomic E-state index is 13.7. The molecule has 1 saturated heterocycles. The quantitative estimate of drug-likeness (QED) is 0.814. The van der Waals surface area contributed by atoms with E-state index in [0.29, 0.717) is 18.1 Å². The van der Waals surface area contributed by atoms with Crippen molar-refractivity contribution in [3.63, 3.8) is 0 Å². The molecule has 1 aliphatic heterocycles. The van der Waals surface area contributed by atoms with E-state index in [0.717, 1.165) is 25.9 Å². The molecule has 0 atom stereocenters. The van der Waals surface area contributed by atoms with Crippen LogP contribution in [0.4, 0.5) is 8.78 Å². The maximum absolute atomic E-state index is 13.7. The van der Waals surface area contributed by atoms with E-state index in [2.05, 4.69) is 11.9 Å². The molecule has 0 amide bonds. The number of nitrogens with zero attached hydrogens (tertiary/aromatic N) is 1. The molecule has 0 bridgehead atoms. The van der Waals surface area contributed by atoms with E-state index >= 15 is 0 Å². The molecule has 0 radical (unpaired) electrons. The highest BCUT2D eigenvalue weighted by molar-refractivity contribution is 5.29. The van der Waals surface area contributed by atoms with Crippen LogP contribution in [0.3, 0.4) is 0 Å². The second-order valence-corrected chi connectivity index (χ2v) is 5.26. The molecule has 4 heteroatoms. The number of piperidine rings is 1. The smallest absolute Gasteiger partial charge is 0.165 e. The summed E-state index contributed by atoms with van der Waals surface area (Å²) in [7, 11) is 2.11. The number of likely N-dealkylation sites (tertiary alicyclic amines) is 1. The average Bonchev–Trinajstić information content (AvgIpc) is 2.40. The molecule has 0 unspecified atom stereocenters. The third kappa shape index (κ3) is 4.16. The Morgan fingerprint density at radius 3 is 2.68 bits per heavy atom. The van der Waals surface area contributed by atoms with Crippen molar-refractivity contribution in [1.29, 1.82) is 0 Å². The van der Waals surface area contributed by atoms with Crippen LogP contribution in [0.2, 0.25) is 0 Å². The first kappa shape index (κ1) is 14.3. The van der Waals surface area contributed by atoms with Gasteiger partial charge in [0, 0.05) is 6.42 Å². The maximum Gasteiger partial charge on any atom is 0.165 e. The summed E-state index contributed by atoms with van der Waals surface area (Å²) >= 11 is 0. The molecule has 2 rings (SSSR count). The van der Waals surface area contributed by atoms with E-state index in [4.69, 9.17) is 4.74 Å². The zero-order valence-corrected chi connectivity index (χ0v) is 11.4. The van der Waals surface area contributed by atoms with Gasteiger partial charge >= 0.3 is 0 Å². The van der Waals surface area contributed by atoms with E-state index in [1.165, 1.54) is 6.07 Å². The lowest BCUT2D eigenvalue weighted by Gasteiger charge is -2.28. The van der Waals surface area contributed by atoms with Crippen molar-refractivity contribution < 1.29 is 13.5 Å². The molecule has 0 aromatic heterocycles. The van der Waals surface area contributed by atoms with E-state index in [1.54, 1.807) is 12.1 Å². The summed E-state index contributed by atoms with van der Waals surface area (Å²) in [5.74, 6) is 0.390. The zero-order valence-electron chi connectivity index (χ0n) is 11.4. The Labute approximate surface area is 113 Å². The standard InChI is InChI=1S/C15H21F2NO/c1-18-8-5-13(6-9-18)11-19-15-3-2-12(4-7-16)10-14(15)17/h2-3,10,13H,4-9,11H2,1H3. The number of halogens is 2. The Balaban J connectivity index is 1.85. The first-order valence-corrected chi connectivity index (χ1v) is 6.85. The number of rotatable bonds is 5. The summed E-state index contributed by atoms with van der Waals surface area (Å²) in [4.78, 5) is 2.29. The minimum Gasteiger partial charge on any atom is -0.490 e. The average molecular weight is 269 g/mol. The molecular formula is C15H21F2NO. The molecule has 0 N–H and O–H groups in total. The Morgan fingerprint density at radius 1 is 1.32 bits per heavy atom. The van der Waals surface area contributed by atoms with Gasteiger partial charge in [0.2, 0.25) is 0 Å². The van der Waals surface area contributed by atoms with Gasteiger partial charge in [0.15, 0.2) is 11.6 Å². The van der Waals surface area contributed by atoms with Crippen LogP contribution >= 0.6 is 0 Å². The highest BCUT2D eigenvalue weighted by Gasteiger charge is 2.17.